The molecule has 0 unspecified atom stereocenters. The molecule has 3 aromatic heterocycles. The smallest absolute Gasteiger partial charge is 0.248 e. The van der Waals surface area contributed by atoms with E-state index in [4.69, 9.17) is 9.83 Å². The lowest BCUT2D eigenvalue weighted by Crippen LogP contribution is -2.28. The lowest BCUT2D eigenvalue weighted by Gasteiger charge is -2.11. The predicted molar refractivity (Wildman–Crippen MR) is 104 cm³/mol. The number of nitrogens with one attached hydrogen (secondary N) is 1. The third kappa shape index (κ3) is 2.83. The maximum Gasteiger partial charge on any atom is 0.248 e. The first-order valence-electron chi connectivity index (χ1n) is 8.86. The first kappa shape index (κ1) is 16.8. The molecule has 0 bridgehead atoms. The molecule has 0 aliphatic rings. The molecule has 0 fully saturated rings. The van der Waals surface area contributed by atoms with Gasteiger partial charge in [-0.1, -0.05) is 35.5 Å². The Morgan fingerprint density at radius 3 is 2.52 bits per heavy atom. The Labute approximate surface area is 164 Å². The second kappa shape index (κ2) is 6.68. The Morgan fingerprint density at radius 1 is 0.931 bits per heavy atom. The summed E-state index contributed by atoms with van der Waals surface area (Å²) in [5, 5.41) is 21.5. The third-order valence-electron chi connectivity index (χ3n) is 4.49. The topological polar surface area (TPSA) is 103 Å². The van der Waals surface area contributed by atoms with Gasteiger partial charge in [0.25, 0.3) is 0 Å². The summed E-state index contributed by atoms with van der Waals surface area (Å²) in [5.41, 5.74) is 2.65. The number of nitrogens with zero attached hydrogens (tertiary/aromatic N) is 5. The standard InChI is InChI=1S/C21H14N6O2/c22-21-18(27-17-10-5-4-9-15(17)23-25-27)13-16(20(28)19-11-6-12-29-19)24-26(21)14-7-2-1-3-8-14/h1-13,22H. The maximum atomic E-state index is 12.9. The van der Waals surface area contributed by atoms with Gasteiger partial charge in [-0.3, -0.25) is 10.2 Å². The minimum Gasteiger partial charge on any atom is -0.461 e. The largest absolute Gasteiger partial charge is 0.461 e. The van der Waals surface area contributed by atoms with E-state index in [0.717, 1.165) is 5.52 Å². The molecule has 1 N–H and O–H groups in total. The molecule has 0 atom stereocenters. The van der Waals surface area contributed by atoms with E-state index in [0.29, 0.717) is 16.9 Å². The van der Waals surface area contributed by atoms with E-state index in [1.807, 2.05) is 54.6 Å². The van der Waals surface area contributed by atoms with E-state index in [9.17, 15) is 4.79 Å². The predicted octanol–water partition coefficient (Wildman–Crippen LogP) is 2.91. The van der Waals surface area contributed by atoms with Crippen LogP contribution < -0.4 is 5.49 Å². The molecule has 140 valence electrons. The zero-order chi connectivity index (χ0) is 19.8. The molecule has 2 aromatic carbocycles. The molecule has 0 saturated carbocycles. The van der Waals surface area contributed by atoms with Crippen molar-refractivity contribution >= 4 is 16.8 Å². The van der Waals surface area contributed by atoms with E-state index in [1.165, 1.54) is 21.7 Å². The molecule has 0 aliphatic carbocycles. The van der Waals surface area contributed by atoms with E-state index in [1.54, 1.807) is 12.1 Å². The fourth-order valence-corrected chi connectivity index (χ4v) is 3.10. The molecule has 0 spiro atoms. The van der Waals surface area contributed by atoms with Crippen LogP contribution in [0.5, 0.6) is 0 Å². The fraction of sp³-hybridized carbons (Fsp3) is 0. The highest BCUT2D eigenvalue weighted by molar-refractivity contribution is 6.05. The Hall–Kier alpha value is -4.33. The van der Waals surface area contributed by atoms with Crippen LogP contribution in [0.25, 0.3) is 22.4 Å². The molecule has 0 amide bonds. The number of fused-ring (bicyclic) bond motifs is 1. The van der Waals surface area contributed by atoms with Gasteiger partial charge in [-0.25, -0.2) is 9.36 Å². The van der Waals surface area contributed by atoms with Crippen molar-refractivity contribution in [1.82, 2.24) is 24.8 Å². The maximum absolute atomic E-state index is 12.9. The molecule has 0 saturated heterocycles. The summed E-state index contributed by atoms with van der Waals surface area (Å²) in [6.45, 7) is 0. The lowest BCUT2D eigenvalue weighted by molar-refractivity contribution is 0.100. The van der Waals surface area contributed by atoms with Gasteiger partial charge in [0, 0.05) is 0 Å². The van der Waals surface area contributed by atoms with E-state index in [-0.39, 0.29) is 22.7 Å². The van der Waals surface area contributed by atoms with Gasteiger partial charge in [0.05, 0.1) is 17.5 Å². The minimum absolute atomic E-state index is 0.0721. The van der Waals surface area contributed by atoms with Gasteiger partial charge in [-0.15, -0.1) is 5.10 Å². The number of ketones is 1. The van der Waals surface area contributed by atoms with Crippen molar-refractivity contribution in [3.63, 3.8) is 0 Å². The number of benzene rings is 2. The van der Waals surface area contributed by atoms with Crippen LogP contribution in [-0.4, -0.2) is 30.6 Å². The van der Waals surface area contributed by atoms with Gasteiger partial charge in [0.2, 0.25) is 5.78 Å². The number of hydrogen-bond acceptors (Lipinski definition) is 6. The Bertz CT molecular complexity index is 1380. The average Bonchev–Trinajstić information content (AvgIpc) is 3.44. The summed E-state index contributed by atoms with van der Waals surface area (Å²) < 4.78 is 8.19. The van der Waals surface area contributed by atoms with Crippen LogP contribution in [0.2, 0.25) is 0 Å². The molecule has 5 aromatic rings. The van der Waals surface area contributed by atoms with Crippen molar-refractivity contribution < 1.29 is 9.21 Å². The zero-order valence-corrected chi connectivity index (χ0v) is 15.1. The first-order valence-corrected chi connectivity index (χ1v) is 8.86. The summed E-state index contributed by atoms with van der Waals surface area (Å²) >= 11 is 0. The number of furan rings is 1. The van der Waals surface area contributed by atoms with Gasteiger partial charge in [0.15, 0.2) is 11.2 Å². The molecule has 3 heterocycles. The SMILES string of the molecule is N=c1c(-n2nnc3ccccc32)cc(C(=O)c2ccco2)nn1-c1ccccc1. The van der Waals surface area contributed by atoms with Gasteiger partial charge in [-0.2, -0.15) is 5.10 Å². The molecule has 8 heteroatoms. The minimum atomic E-state index is -0.384. The molecule has 5 rings (SSSR count). The number of rotatable bonds is 4. The van der Waals surface area contributed by atoms with Crippen LogP contribution in [0.1, 0.15) is 16.2 Å². The van der Waals surface area contributed by atoms with Gasteiger partial charge in [0.1, 0.15) is 16.9 Å². The molecular weight excluding hydrogens is 368 g/mol. The van der Waals surface area contributed by atoms with E-state index >= 15 is 0 Å². The average molecular weight is 382 g/mol. The lowest BCUT2D eigenvalue weighted by atomic mass is 10.2. The normalized spacial score (nSPS) is 11.0. The molecular formula is C21H14N6O2. The number of carbonyl (C=O) groups excluding carboxylic acids is 1. The fourth-order valence-electron chi connectivity index (χ4n) is 3.10. The quantitative estimate of drug-likeness (QED) is 0.482. The first-order chi connectivity index (χ1) is 14.2. The third-order valence-corrected chi connectivity index (χ3v) is 4.49. The van der Waals surface area contributed by atoms with Crippen molar-refractivity contribution in [2.24, 2.45) is 0 Å². The van der Waals surface area contributed by atoms with Crippen LogP contribution in [-0.2, 0) is 0 Å². The Balaban J connectivity index is 1.79. The summed E-state index contributed by atoms with van der Waals surface area (Å²) in [7, 11) is 0. The number of hydrogen-bond donors (Lipinski definition) is 1. The van der Waals surface area contributed by atoms with E-state index < -0.39 is 0 Å². The summed E-state index contributed by atoms with van der Waals surface area (Å²) in [5.74, 6) is -0.213. The number of para-hydroxylation sites is 2. The van der Waals surface area contributed by atoms with Crippen molar-refractivity contribution in [2.75, 3.05) is 0 Å². The Kier molecular flexibility index (Phi) is 3.87. The van der Waals surface area contributed by atoms with Gasteiger partial charge in [-0.05, 0) is 42.5 Å². The number of aromatic nitrogens is 5. The van der Waals surface area contributed by atoms with Crippen LogP contribution in [0.4, 0.5) is 0 Å². The van der Waals surface area contributed by atoms with Gasteiger partial charge < -0.3 is 4.42 Å². The van der Waals surface area contributed by atoms with Crippen molar-refractivity contribution in [3.05, 3.63) is 96.0 Å². The summed E-state index contributed by atoms with van der Waals surface area (Å²) in [6.07, 6.45) is 1.43. The van der Waals surface area contributed by atoms with Crippen molar-refractivity contribution in [1.29, 1.82) is 5.41 Å². The zero-order valence-electron chi connectivity index (χ0n) is 15.1. The van der Waals surface area contributed by atoms with Crippen LogP contribution in [0, 0.1) is 5.41 Å². The van der Waals surface area contributed by atoms with Crippen LogP contribution in [0.15, 0.2) is 83.5 Å². The molecule has 0 aliphatic heterocycles. The van der Waals surface area contributed by atoms with Gasteiger partial charge >= 0.3 is 0 Å². The van der Waals surface area contributed by atoms with Crippen LogP contribution >= 0.6 is 0 Å². The van der Waals surface area contributed by atoms with Crippen molar-refractivity contribution in [3.8, 4) is 11.4 Å². The molecule has 8 nitrogen and oxygen atoms in total. The highest BCUT2D eigenvalue weighted by Gasteiger charge is 2.19. The van der Waals surface area contributed by atoms with Crippen molar-refractivity contribution in [2.45, 2.75) is 0 Å². The second-order valence-electron chi connectivity index (χ2n) is 6.31. The molecule has 29 heavy (non-hydrogen) atoms. The number of carbonyl (C=O) groups is 1. The monoisotopic (exact) mass is 382 g/mol. The highest BCUT2D eigenvalue weighted by atomic mass is 16.3. The molecule has 0 radical (unpaired) electrons. The highest BCUT2D eigenvalue weighted by Crippen LogP contribution is 2.16. The van der Waals surface area contributed by atoms with E-state index in [2.05, 4.69) is 15.4 Å². The second-order valence-corrected chi connectivity index (χ2v) is 6.31. The Morgan fingerprint density at radius 2 is 1.72 bits per heavy atom. The summed E-state index contributed by atoms with van der Waals surface area (Å²) in [4.78, 5) is 12.9. The van der Waals surface area contributed by atoms with Crippen LogP contribution in [0.3, 0.4) is 0 Å². The summed E-state index contributed by atoms with van der Waals surface area (Å²) in [6, 6.07) is 21.4.